The molecule has 0 saturated carbocycles. The lowest BCUT2D eigenvalue weighted by Gasteiger charge is -2.34. The van der Waals surface area contributed by atoms with Gasteiger partial charge in [-0.05, 0) is 38.4 Å². The zero-order valence-electron chi connectivity index (χ0n) is 15.9. The maximum absolute atomic E-state index is 13.1. The van der Waals surface area contributed by atoms with Gasteiger partial charge in [0.1, 0.15) is 11.9 Å². The summed E-state index contributed by atoms with van der Waals surface area (Å²) in [5.41, 5.74) is 0.540. The highest BCUT2D eigenvalue weighted by molar-refractivity contribution is 7.90. The van der Waals surface area contributed by atoms with Crippen molar-refractivity contribution in [2.75, 3.05) is 20.1 Å². The molecule has 2 aliphatic rings. The molecule has 0 radical (unpaired) electrons. The fraction of sp³-hybridized carbons (Fsp3) is 0.579. The van der Waals surface area contributed by atoms with E-state index in [0.717, 1.165) is 32.2 Å². The van der Waals surface area contributed by atoms with Gasteiger partial charge in [-0.25, -0.2) is 8.42 Å². The molecule has 1 aromatic rings. The maximum atomic E-state index is 13.1. The summed E-state index contributed by atoms with van der Waals surface area (Å²) >= 11 is 0. The van der Waals surface area contributed by atoms with Gasteiger partial charge >= 0.3 is 0 Å². The Hall–Kier alpha value is -1.93. The summed E-state index contributed by atoms with van der Waals surface area (Å²) in [5.74, 6) is 0.265. The molecule has 0 aliphatic carbocycles. The Morgan fingerprint density at radius 1 is 1.41 bits per heavy atom. The summed E-state index contributed by atoms with van der Waals surface area (Å²) in [6, 6.07) is 6.49. The topological polar surface area (TPSA) is 90.9 Å². The number of carbonyl (C=O) groups excluding carboxylic acids is 1. The van der Waals surface area contributed by atoms with Crippen molar-refractivity contribution >= 4 is 21.8 Å². The molecule has 1 amide bonds. The second kappa shape index (κ2) is 8.39. The van der Waals surface area contributed by atoms with E-state index in [4.69, 9.17) is 0 Å². The minimum atomic E-state index is -3.60. The number of benzene rings is 1. The minimum Gasteiger partial charge on any atom is -0.339 e. The van der Waals surface area contributed by atoms with Crippen LogP contribution in [0.15, 0.2) is 34.2 Å². The Kier molecular flexibility index (Phi) is 6.16. The largest absolute Gasteiger partial charge is 0.339 e. The molecular formula is C19H28N4O3S. The summed E-state index contributed by atoms with van der Waals surface area (Å²) in [5, 5.41) is 3.25. The number of carbonyl (C=O) groups is 1. The Bertz CT molecular complexity index is 822. The zero-order chi connectivity index (χ0) is 19.4. The van der Waals surface area contributed by atoms with Gasteiger partial charge in [-0.15, -0.1) is 0 Å². The molecule has 1 aromatic carbocycles. The van der Waals surface area contributed by atoms with E-state index in [2.05, 4.69) is 22.0 Å². The van der Waals surface area contributed by atoms with Gasteiger partial charge in [-0.1, -0.05) is 31.9 Å². The molecule has 27 heavy (non-hydrogen) atoms. The first-order valence-corrected chi connectivity index (χ1v) is 11.1. The van der Waals surface area contributed by atoms with Crippen LogP contribution in [0.5, 0.6) is 0 Å². The van der Waals surface area contributed by atoms with Gasteiger partial charge in [0.05, 0.1) is 4.90 Å². The number of hydrogen-bond donors (Lipinski definition) is 2. The number of amidine groups is 1. The monoisotopic (exact) mass is 392 g/mol. The van der Waals surface area contributed by atoms with Crippen LogP contribution < -0.4 is 10.0 Å². The van der Waals surface area contributed by atoms with Crippen LogP contribution >= 0.6 is 0 Å². The van der Waals surface area contributed by atoms with Gasteiger partial charge in [0.15, 0.2) is 0 Å². The number of fused-ring (bicyclic) bond motifs is 1. The normalized spacial score (nSPS) is 23.7. The number of likely N-dealkylation sites (N-methyl/N-ethyl adjacent to an activating group) is 1. The molecule has 0 aromatic heterocycles. The Labute approximate surface area is 161 Å². The lowest BCUT2D eigenvalue weighted by Crippen LogP contribution is -2.50. The molecule has 3 rings (SSSR count). The summed E-state index contributed by atoms with van der Waals surface area (Å²) in [4.78, 5) is 19.8. The molecule has 1 fully saturated rings. The summed E-state index contributed by atoms with van der Waals surface area (Å²) in [6.45, 7) is 3.47. The van der Waals surface area contributed by atoms with Crippen LogP contribution in [0, 0.1) is 0 Å². The predicted molar refractivity (Wildman–Crippen MR) is 105 cm³/mol. The van der Waals surface area contributed by atoms with Gasteiger partial charge in [-0.3, -0.25) is 14.5 Å². The zero-order valence-corrected chi connectivity index (χ0v) is 16.8. The quantitative estimate of drug-likeness (QED) is 0.767. The van der Waals surface area contributed by atoms with E-state index in [9.17, 15) is 13.2 Å². The fourth-order valence-corrected chi connectivity index (χ4v) is 4.89. The molecule has 2 aliphatic heterocycles. The van der Waals surface area contributed by atoms with Crippen molar-refractivity contribution in [2.45, 2.75) is 56.0 Å². The molecule has 2 N–H and O–H groups in total. The van der Waals surface area contributed by atoms with Crippen molar-refractivity contribution in [2.24, 2.45) is 4.99 Å². The lowest BCUT2D eigenvalue weighted by molar-refractivity contribution is -0.134. The van der Waals surface area contributed by atoms with Crippen molar-refractivity contribution in [3.63, 3.8) is 0 Å². The third kappa shape index (κ3) is 4.32. The van der Waals surface area contributed by atoms with E-state index in [1.807, 2.05) is 11.9 Å². The Morgan fingerprint density at radius 3 is 2.93 bits per heavy atom. The number of nitrogens with zero attached hydrogens (tertiary/aromatic N) is 2. The standard InChI is InChI=1S/C19H28N4O3S/c1-3-4-10-16(19(24)23-12-7-8-14(13-23)20-2)21-18-15-9-5-6-11-17(15)27(25,26)22-18/h5-6,9,11,14,16,20H,3-4,7-8,10,12-13H2,1-2H3,(H,21,22). The molecule has 2 atom stereocenters. The average Bonchev–Trinajstić information content (AvgIpc) is 2.95. The summed E-state index contributed by atoms with van der Waals surface area (Å²) < 4.78 is 27.2. The van der Waals surface area contributed by atoms with Crippen molar-refractivity contribution in [1.82, 2.24) is 14.9 Å². The number of sulfonamides is 1. The molecule has 0 bridgehead atoms. The van der Waals surface area contributed by atoms with E-state index in [1.165, 1.54) is 0 Å². The number of hydrogen-bond acceptors (Lipinski definition) is 5. The van der Waals surface area contributed by atoms with Crippen LogP contribution in [0.4, 0.5) is 0 Å². The van der Waals surface area contributed by atoms with E-state index in [0.29, 0.717) is 24.6 Å². The average molecular weight is 393 g/mol. The highest BCUT2D eigenvalue weighted by Gasteiger charge is 2.33. The van der Waals surface area contributed by atoms with Crippen molar-refractivity contribution < 1.29 is 13.2 Å². The van der Waals surface area contributed by atoms with Crippen molar-refractivity contribution in [1.29, 1.82) is 0 Å². The number of amides is 1. The Balaban J connectivity index is 1.87. The minimum absolute atomic E-state index is 0.0144. The second-order valence-corrected chi connectivity index (χ2v) is 8.80. The van der Waals surface area contributed by atoms with Crippen LogP contribution in [-0.2, 0) is 14.8 Å². The van der Waals surface area contributed by atoms with Crippen LogP contribution in [0.1, 0.15) is 44.6 Å². The van der Waals surface area contributed by atoms with Crippen LogP contribution in [-0.4, -0.2) is 57.3 Å². The maximum Gasteiger partial charge on any atom is 0.263 e. The highest BCUT2D eigenvalue weighted by atomic mass is 32.2. The summed E-state index contributed by atoms with van der Waals surface area (Å²) in [6.07, 6.45) is 4.45. The van der Waals surface area contributed by atoms with Crippen LogP contribution in [0.25, 0.3) is 0 Å². The van der Waals surface area contributed by atoms with Gasteiger partial charge in [-0.2, -0.15) is 0 Å². The molecular weight excluding hydrogens is 364 g/mol. The number of piperidine rings is 1. The first-order chi connectivity index (χ1) is 13.0. The SMILES string of the molecule is CCCCC(N=C1NS(=O)(=O)c2ccccc21)C(=O)N1CCCC(NC)C1. The third-order valence-electron chi connectivity index (χ3n) is 5.21. The van der Waals surface area contributed by atoms with E-state index >= 15 is 0 Å². The second-order valence-electron chi connectivity index (χ2n) is 7.15. The Morgan fingerprint density at radius 2 is 2.19 bits per heavy atom. The molecule has 0 spiro atoms. The van der Waals surface area contributed by atoms with E-state index in [-0.39, 0.29) is 16.6 Å². The van der Waals surface area contributed by atoms with Crippen molar-refractivity contribution in [3.05, 3.63) is 29.8 Å². The number of likely N-dealkylation sites (tertiary alicyclic amines) is 1. The molecule has 8 heteroatoms. The number of nitrogens with one attached hydrogen (secondary N) is 2. The smallest absolute Gasteiger partial charge is 0.263 e. The van der Waals surface area contributed by atoms with Gasteiger partial charge in [0.2, 0.25) is 5.91 Å². The van der Waals surface area contributed by atoms with E-state index in [1.54, 1.807) is 24.3 Å². The van der Waals surface area contributed by atoms with Crippen LogP contribution in [0.2, 0.25) is 0 Å². The van der Waals surface area contributed by atoms with Crippen molar-refractivity contribution in [3.8, 4) is 0 Å². The van der Waals surface area contributed by atoms with Gasteiger partial charge in [0.25, 0.3) is 10.0 Å². The third-order valence-corrected chi connectivity index (χ3v) is 6.60. The first-order valence-electron chi connectivity index (χ1n) is 9.62. The fourth-order valence-electron chi connectivity index (χ4n) is 3.65. The first kappa shape index (κ1) is 19.8. The van der Waals surface area contributed by atoms with Gasteiger partial charge in [0, 0.05) is 24.7 Å². The molecule has 1 saturated heterocycles. The number of rotatable bonds is 6. The number of aliphatic imine (C=N–C) groups is 1. The summed E-state index contributed by atoms with van der Waals surface area (Å²) in [7, 11) is -1.69. The molecule has 148 valence electrons. The highest BCUT2D eigenvalue weighted by Crippen LogP contribution is 2.24. The molecule has 2 unspecified atom stereocenters. The lowest BCUT2D eigenvalue weighted by atomic mass is 10.0. The van der Waals surface area contributed by atoms with Crippen LogP contribution in [0.3, 0.4) is 0 Å². The predicted octanol–water partition coefficient (Wildman–Crippen LogP) is 1.49. The molecule has 2 heterocycles. The number of unbranched alkanes of at least 4 members (excludes halogenated alkanes) is 1. The molecule has 7 nitrogen and oxygen atoms in total. The van der Waals surface area contributed by atoms with E-state index < -0.39 is 16.1 Å². The van der Waals surface area contributed by atoms with Gasteiger partial charge < -0.3 is 10.2 Å².